The van der Waals surface area contributed by atoms with Crippen molar-refractivity contribution in [2.75, 3.05) is 19.6 Å². The minimum atomic E-state index is -0.423. The molecule has 22 heavy (non-hydrogen) atoms. The minimum Gasteiger partial charge on any atom is -0.441 e. The number of hydrogen-bond acceptors (Lipinski definition) is 5. The van der Waals surface area contributed by atoms with Gasteiger partial charge in [0, 0.05) is 37.5 Å². The number of nitrogens with one attached hydrogen (secondary N) is 2. The SMILES string of the molecule is CC[C@H](NC(=O)N1CCC2(CC1)CNC(=O)O2)c1nccs1. The van der Waals surface area contributed by atoms with Gasteiger partial charge in [0.15, 0.2) is 0 Å². The van der Waals surface area contributed by atoms with Gasteiger partial charge in [-0.3, -0.25) is 0 Å². The second-order valence-electron chi connectivity index (χ2n) is 5.69. The third-order valence-electron chi connectivity index (χ3n) is 4.28. The van der Waals surface area contributed by atoms with Crippen LogP contribution in [-0.4, -0.2) is 47.2 Å². The third kappa shape index (κ3) is 3.01. The van der Waals surface area contributed by atoms with Crippen molar-refractivity contribution < 1.29 is 14.3 Å². The second kappa shape index (κ2) is 6.12. The smallest absolute Gasteiger partial charge is 0.407 e. The van der Waals surface area contributed by atoms with Gasteiger partial charge >= 0.3 is 12.1 Å². The summed E-state index contributed by atoms with van der Waals surface area (Å²) in [4.78, 5) is 29.7. The van der Waals surface area contributed by atoms with E-state index in [0.29, 0.717) is 32.5 Å². The van der Waals surface area contributed by atoms with Crippen molar-refractivity contribution in [3.63, 3.8) is 0 Å². The first-order valence-corrected chi connectivity index (χ1v) is 8.41. The number of nitrogens with zero attached hydrogens (tertiary/aromatic N) is 2. The highest BCUT2D eigenvalue weighted by molar-refractivity contribution is 7.09. The fraction of sp³-hybridized carbons (Fsp3) is 0.643. The van der Waals surface area contributed by atoms with Gasteiger partial charge in [0.25, 0.3) is 0 Å². The molecule has 120 valence electrons. The van der Waals surface area contributed by atoms with Crippen molar-refractivity contribution in [3.8, 4) is 0 Å². The molecule has 3 rings (SSSR count). The number of alkyl carbamates (subject to hydrolysis) is 1. The Morgan fingerprint density at radius 2 is 2.36 bits per heavy atom. The molecular formula is C14H20N4O3S. The Morgan fingerprint density at radius 1 is 1.59 bits per heavy atom. The lowest BCUT2D eigenvalue weighted by atomic mass is 9.92. The molecule has 2 aliphatic rings. The second-order valence-corrected chi connectivity index (χ2v) is 6.62. The molecule has 3 amide bonds. The van der Waals surface area contributed by atoms with Crippen molar-refractivity contribution in [2.45, 2.75) is 37.8 Å². The van der Waals surface area contributed by atoms with Crippen LogP contribution in [0.5, 0.6) is 0 Å². The molecule has 1 atom stereocenters. The molecular weight excluding hydrogens is 304 g/mol. The van der Waals surface area contributed by atoms with Crippen molar-refractivity contribution in [2.24, 2.45) is 0 Å². The average Bonchev–Trinajstić information content (AvgIpc) is 3.16. The van der Waals surface area contributed by atoms with Crippen LogP contribution in [0.25, 0.3) is 0 Å². The van der Waals surface area contributed by atoms with Crippen LogP contribution in [-0.2, 0) is 4.74 Å². The summed E-state index contributed by atoms with van der Waals surface area (Å²) in [6, 6.07) is -0.122. The number of ether oxygens (including phenoxy) is 1. The number of urea groups is 1. The van der Waals surface area contributed by atoms with Crippen LogP contribution >= 0.6 is 11.3 Å². The van der Waals surface area contributed by atoms with Crippen LogP contribution < -0.4 is 10.6 Å². The summed E-state index contributed by atoms with van der Waals surface area (Å²) in [5.41, 5.74) is -0.423. The number of carbonyl (C=O) groups is 2. The Balaban J connectivity index is 1.54. The lowest BCUT2D eigenvalue weighted by Gasteiger charge is -2.37. The first kappa shape index (κ1) is 15.1. The number of aromatic nitrogens is 1. The van der Waals surface area contributed by atoms with Gasteiger partial charge in [-0.1, -0.05) is 6.92 Å². The zero-order chi connectivity index (χ0) is 15.6. The highest BCUT2D eigenvalue weighted by Crippen LogP contribution is 2.29. The van der Waals surface area contributed by atoms with E-state index in [-0.39, 0.29) is 18.2 Å². The quantitative estimate of drug-likeness (QED) is 0.889. The molecule has 1 aromatic heterocycles. The van der Waals surface area contributed by atoms with Gasteiger partial charge in [-0.05, 0) is 6.42 Å². The molecule has 1 aromatic rings. The number of likely N-dealkylation sites (tertiary alicyclic amines) is 1. The number of thiazole rings is 1. The Hall–Kier alpha value is -1.83. The molecule has 3 heterocycles. The Morgan fingerprint density at radius 3 is 2.91 bits per heavy atom. The summed E-state index contributed by atoms with van der Waals surface area (Å²) in [6.45, 7) is 3.75. The maximum absolute atomic E-state index is 12.4. The first-order valence-electron chi connectivity index (χ1n) is 7.53. The predicted molar refractivity (Wildman–Crippen MR) is 81.7 cm³/mol. The third-order valence-corrected chi connectivity index (χ3v) is 5.17. The van der Waals surface area contributed by atoms with E-state index in [0.717, 1.165) is 11.4 Å². The lowest BCUT2D eigenvalue weighted by Crippen LogP contribution is -2.51. The normalized spacial score (nSPS) is 21.3. The van der Waals surface area contributed by atoms with Gasteiger partial charge in [-0.15, -0.1) is 11.3 Å². The molecule has 2 saturated heterocycles. The van der Waals surface area contributed by atoms with E-state index >= 15 is 0 Å². The summed E-state index contributed by atoms with van der Waals surface area (Å²) >= 11 is 1.55. The molecule has 2 N–H and O–H groups in total. The monoisotopic (exact) mass is 324 g/mol. The number of piperidine rings is 1. The molecule has 0 aliphatic carbocycles. The average molecular weight is 324 g/mol. The summed E-state index contributed by atoms with van der Waals surface area (Å²) in [5, 5.41) is 8.58. The number of rotatable bonds is 3. The fourth-order valence-electron chi connectivity index (χ4n) is 2.88. The standard InChI is InChI=1S/C14H20N4O3S/c1-2-10(11-15-5-8-22-11)17-12(19)18-6-3-14(4-7-18)9-16-13(20)21-14/h5,8,10H,2-4,6-7,9H2,1H3,(H,16,20)(H,17,19)/t10-/m0/s1. The molecule has 2 aliphatic heterocycles. The van der Waals surface area contributed by atoms with Crippen LogP contribution in [0.4, 0.5) is 9.59 Å². The molecule has 0 aromatic carbocycles. The van der Waals surface area contributed by atoms with E-state index < -0.39 is 5.60 Å². The highest BCUT2D eigenvalue weighted by atomic mass is 32.1. The van der Waals surface area contributed by atoms with Gasteiger partial charge in [-0.25, -0.2) is 14.6 Å². The Bertz CT molecular complexity index is 540. The van der Waals surface area contributed by atoms with Crippen LogP contribution in [0, 0.1) is 0 Å². The molecule has 0 bridgehead atoms. The Labute approximate surface area is 133 Å². The maximum Gasteiger partial charge on any atom is 0.407 e. The van der Waals surface area contributed by atoms with Crippen LogP contribution in [0.3, 0.4) is 0 Å². The summed E-state index contributed by atoms with van der Waals surface area (Å²) in [5.74, 6) is 0. The van der Waals surface area contributed by atoms with Crippen molar-refractivity contribution in [3.05, 3.63) is 16.6 Å². The van der Waals surface area contributed by atoms with Crippen molar-refractivity contribution in [1.82, 2.24) is 20.5 Å². The largest absolute Gasteiger partial charge is 0.441 e. The predicted octanol–water partition coefficient (Wildman–Crippen LogP) is 1.88. The lowest BCUT2D eigenvalue weighted by molar-refractivity contribution is 0.00952. The number of amides is 3. The summed E-state index contributed by atoms with van der Waals surface area (Å²) in [7, 11) is 0. The van der Waals surface area contributed by atoms with E-state index in [9.17, 15) is 9.59 Å². The van der Waals surface area contributed by atoms with Gasteiger partial charge in [-0.2, -0.15) is 0 Å². The van der Waals surface area contributed by atoms with Crippen molar-refractivity contribution in [1.29, 1.82) is 0 Å². The van der Waals surface area contributed by atoms with E-state index in [2.05, 4.69) is 15.6 Å². The highest BCUT2D eigenvalue weighted by Gasteiger charge is 2.43. The number of hydrogen-bond donors (Lipinski definition) is 2. The van der Waals surface area contributed by atoms with E-state index in [1.807, 2.05) is 12.3 Å². The zero-order valence-corrected chi connectivity index (χ0v) is 13.3. The molecule has 2 fully saturated rings. The van der Waals surface area contributed by atoms with Gasteiger partial charge in [0.05, 0.1) is 12.6 Å². The molecule has 0 unspecified atom stereocenters. The zero-order valence-electron chi connectivity index (χ0n) is 12.5. The maximum atomic E-state index is 12.4. The van der Waals surface area contributed by atoms with E-state index in [1.54, 1.807) is 22.4 Å². The first-order chi connectivity index (χ1) is 10.6. The fourth-order valence-corrected chi connectivity index (χ4v) is 3.66. The molecule has 7 nitrogen and oxygen atoms in total. The number of carbonyl (C=O) groups excluding carboxylic acids is 2. The van der Waals surface area contributed by atoms with Crippen LogP contribution in [0.2, 0.25) is 0 Å². The summed E-state index contributed by atoms with van der Waals surface area (Å²) in [6.07, 6.45) is 3.55. The minimum absolute atomic E-state index is 0.0469. The van der Waals surface area contributed by atoms with Crippen molar-refractivity contribution >= 4 is 23.5 Å². The molecule has 0 radical (unpaired) electrons. The van der Waals surface area contributed by atoms with Gasteiger partial charge < -0.3 is 20.3 Å². The van der Waals surface area contributed by atoms with Gasteiger partial charge in [0.2, 0.25) is 0 Å². The van der Waals surface area contributed by atoms with Crippen LogP contribution in [0.1, 0.15) is 37.2 Å². The summed E-state index contributed by atoms with van der Waals surface area (Å²) < 4.78 is 5.36. The molecule has 1 spiro atoms. The Kier molecular flexibility index (Phi) is 4.19. The van der Waals surface area contributed by atoms with E-state index in [1.165, 1.54) is 0 Å². The topological polar surface area (TPSA) is 83.6 Å². The van der Waals surface area contributed by atoms with Crippen LogP contribution in [0.15, 0.2) is 11.6 Å². The van der Waals surface area contributed by atoms with E-state index in [4.69, 9.17) is 4.74 Å². The van der Waals surface area contributed by atoms with Gasteiger partial charge in [0.1, 0.15) is 10.6 Å². The molecule has 0 saturated carbocycles. The molecule has 8 heteroatoms.